The highest BCUT2D eigenvalue weighted by molar-refractivity contribution is 5.74. The third-order valence-corrected chi connectivity index (χ3v) is 3.89. The van der Waals surface area contributed by atoms with E-state index in [4.69, 9.17) is 5.11 Å². The summed E-state index contributed by atoms with van der Waals surface area (Å²) < 4.78 is 0. The summed E-state index contributed by atoms with van der Waals surface area (Å²) in [6.45, 7) is 6.89. The molecule has 5 nitrogen and oxygen atoms in total. The summed E-state index contributed by atoms with van der Waals surface area (Å²) in [6.07, 6.45) is 2.90. The molecule has 0 spiro atoms. The number of urea groups is 1. The topological polar surface area (TPSA) is 78.4 Å². The second kappa shape index (κ2) is 6.07. The van der Waals surface area contributed by atoms with Gasteiger partial charge in [0, 0.05) is 19.0 Å². The van der Waals surface area contributed by atoms with Crippen LogP contribution in [0.1, 0.15) is 46.5 Å². The van der Waals surface area contributed by atoms with Crippen LogP contribution in [-0.2, 0) is 4.79 Å². The molecule has 18 heavy (non-hydrogen) atoms. The molecular weight excluding hydrogens is 232 g/mol. The Labute approximate surface area is 108 Å². The van der Waals surface area contributed by atoms with Crippen LogP contribution in [0.4, 0.5) is 4.79 Å². The summed E-state index contributed by atoms with van der Waals surface area (Å²) in [5, 5.41) is 14.2. The first-order chi connectivity index (χ1) is 8.35. The molecule has 0 aliphatic heterocycles. The minimum atomic E-state index is -0.833. The van der Waals surface area contributed by atoms with E-state index in [1.165, 1.54) is 12.8 Å². The van der Waals surface area contributed by atoms with Gasteiger partial charge in [0.05, 0.1) is 0 Å². The van der Waals surface area contributed by atoms with E-state index in [0.717, 1.165) is 0 Å². The summed E-state index contributed by atoms with van der Waals surface area (Å²) in [5.74, 6) is -0.247. The van der Waals surface area contributed by atoms with Gasteiger partial charge in [0.25, 0.3) is 0 Å². The molecule has 0 aromatic heterocycles. The van der Waals surface area contributed by atoms with Crippen molar-refractivity contribution < 1.29 is 14.7 Å². The second-order valence-corrected chi connectivity index (χ2v) is 5.68. The van der Waals surface area contributed by atoms with Crippen molar-refractivity contribution in [1.29, 1.82) is 0 Å². The molecule has 0 aromatic rings. The number of aliphatic carboxylic acids is 1. The number of hydrogen-bond acceptors (Lipinski definition) is 2. The largest absolute Gasteiger partial charge is 0.481 e. The molecule has 0 heterocycles. The standard InChI is InChI=1S/C13H24N2O3/c1-9(2)13(6-7-13)8-14-12(18)15-10(3)4-5-11(16)17/h9-10H,4-8H2,1-3H3,(H,16,17)(H2,14,15,18). The zero-order valence-corrected chi connectivity index (χ0v) is 11.5. The fraction of sp³-hybridized carbons (Fsp3) is 0.846. The Morgan fingerprint density at radius 2 is 1.89 bits per heavy atom. The van der Waals surface area contributed by atoms with Crippen molar-refractivity contribution in [2.24, 2.45) is 11.3 Å². The molecule has 3 N–H and O–H groups in total. The van der Waals surface area contributed by atoms with Crippen molar-refractivity contribution in [1.82, 2.24) is 10.6 Å². The van der Waals surface area contributed by atoms with Gasteiger partial charge in [-0.2, -0.15) is 0 Å². The number of hydrogen-bond donors (Lipinski definition) is 3. The molecule has 0 aromatic carbocycles. The first-order valence-electron chi connectivity index (χ1n) is 6.62. The summed E-state index contributed by atoms with van der Waals surface area (Å²) in [5.41, 5.74) is 0.293. The van der Waals surface area contributed by atoms with Crippen LogP contribution in [0.5, 0.6) is 0 Å². The van der Waals surface area contributed by atoms with Crippen LogP contribution in [0.2, 0.25) is 0 Å². The van der Waals surface area contributed by atoms with E-state index in [1.807, 2.05) is 6.92 Å². The number of carbonyl (C=O) groups excluding carboxylic acids is 1. The quantitative estimate of drug-likeness (QED) is 0.651. The number of rotatable bonds is 7. The van der Waals surface area contributed by atoms with E-state index < -0.39 is 5.97 Å². The van der Waals surface area contributed by atoms with Crippen LogP contribution in [0.15, 0.2) is 0 Å². The first-order valence-corrected chi connectivity index (χ1v) is 6.62. The van der Waals surface area contributed by atoms with E-state index in [-0.39, 0.29) is 18.5 Å². The molecule has 1 aliphatic carbocycles. The van der Waals surface area contributed by atoms with Gasteiger partial charge in [-0.15, -0.1) is 0 Å². The maximum atomic E-state index is 11.6. The number of amides is 2. The lowest BCUT2D eigenvalue weighted by Crippen LogP contribution is -2.43. The smallest absolute Gasteiger partial charge is 0.315 e. The average molecular weight is 256 g/mol. The van der Waals surface area contributed by atoms with Crippen molar-refractivity contribution in [3.05, 3.63) is 0 Å². The lowest BCUT2D eigenvalue weighted by atomic mass is 9.92. The maximum Gasteiger partial charge on any atom is 0.315 e. The molecule has 1 fully saturated rings. The number of nitrogens with one attached hydrogen (secondary N) is 2. The zero-order chi connectivity index (χ0) is 13.8. The summed E-state index contributed by atoms with van der Waals surface area (Å²) in [4.78, 5) is 22.0. The summed E-state index contributed by atoms with van der Waals surface area (Å²) in [6, 6.07) is -0.310. The van der Waals surface area contributed by atoms with Gasteiger partial charge in [-0.25, -0.2) is 4.79 Å². The molecule has 1 rings (SSSR count). The Morgan fingerprint density at radius 3 is 2.33 bits per heavy atom. The molecule has 5 heteroatoms. The third kappa shape index (κ3) is 4.55. The van der Waals surface area contributed by atoms with E-state index in [0.29, 0.717) is 24.3 Å². The lowest BCUT2D eigenvalue weighted by molar-refractivity contribution is -0.137. The van der Waals surface area contributed by atoms with Gasteiger partial charge in [-0.3, -0.25) is 4.79 Å². The molecule has 1 unspecified atom stereocenters. The second-order valence-electron chi connectivity index (χ2n) is 5.68. The van der Waals surface area contributed by atoms with Gasteiger partial charge in [0.1, 0.15) is 0 Å². The number of carboxylic acids is 1. The van der Waals surface area contributed by atoms with Crippen LogP contribution in [-0.4, -0.2) is 29.7 Å². The van der Waals surface area contributed by atoms with Crippen molar-refractivity contribution >= 4 is 12.0 Å². The van der Waals surface area contributed by atoms with E-state index in [1.54, 1.807) is 0 Å². The molecule has 1 saturated carbocycles. The molecule has 1 aliphatic rings. The van der Waals surface area contributed by atoms with Crippen molar-refractivity contribution in [2.75, 3.05) is 6.54 Å². The fourth-order valence-corrected chi connectivity index (χ4v) is 2.06. The summed E-state index contributed by atoms with van der Waals surface area (Å²) in [7, 11) is 0. The highest BCUT2D eigenvalue weighted by Gasteiger charge is 2.45. The van der Waals surface area contributed by atoms with Gasteiger partial charge in [-0.05, 0) is 37.5 Å². The third-order valence-electron chi connectivity index (χ3n) is 3.89. The molecule has 104 valence electrons. The minimum Gasteiger partial charge on any atom is -0.481 e. The van der Waals surface area contributed by atoms with Gasteiger partial charge in [-0.1, -0.05) is 13.8 Å². The van der Waals surface area contributed by atoms with Crippen LogP contribution in [0, 0.1) is 11.3 Å². The zero-order valence-electron chi connectivity index (χ0n) is 11.5. The maximum absolute atomic E-state index is 11.6. The average Bonchev–Trinajstić information content (AvgIpc) is 3.04. The van der Waals surface area contributed by atoms with Crippen molar-refractivity contribution in [3.8, 4) is 0 Å². The molecule has 0 saturated heterocycles. The minimum absolute atomic E-state index is 0.0807. The molecule has 0 bridgehead atoms. The van der Waals surface area contributed by atoms with Gasteiger partial charge >= 0.3 is 12.0 Å². The Balaban J connectivity index is 2.19. The van der Waals surface area contributed by atoms with E-state index >= 15 is 0 Å². The predicted molar refractivity (Wildman–Crippen MR) is 69.4 cm³/mol. The number of carbonyl (C=O) groups is 2. The molecule has 2 amide bonds. The van der Waals surface area contributed by atoms with Crippen molar-refractivity contribution in [3.63, 3.8) is 0 Å². The predicted octanol–water partition coefficient (Wildman–Crippen LogP) is 1.98. The molecular formula is C13H24N2O3. The van der Waals surface area contributed by atoms with E-state index in [2.05, 4.69) is 24.5 Å². The van der Waals surface area contributed by atoms with Crippen LogP contribution in [0.3, 0.4) is 0 Å². The Bertz CT molecular complexity index is 311. The normalized spacial score (nSPS) is 18.2. The SMILES string of the molecule is CC(CCC(=O)O)NC(=O)NCC1(C(C)C)CC1. The van der Waals surface area contributed by atoms with Gasteiger partial charge in [0.2, 0.25) is 0 Å². The Morgan fingerprint density at radius 1 is 1.28 bits per heavy atom. The Kier molecular flexibility index (Phi) is 4.99. The number of carboxylic acid groups (broad SMARTS) is 1. The van der Waals surface area contributed by atoms with Crippen LogP contribution < -0.4 is 10.6 Å². The summed E-state index contributed by atoms with van der Waals surface area (Å²) >= 11 is 0. The molecule has 1 atom stereocenters. The lowest BCUT2D eigenvalue weighted by Gasteiger charge is -2.21. The molecule has 0 radical (unpaired) electrons. The first kappa shape index (κ1) is 14.8. The Hall–Kier alpha value is -1.26. The van der Waals surface area contributed by atoms with E-state index in [9.17, 15) is 9.59 Å². The van der Waals surface area contributed by atoms with Gasteiger partial charge in [0.15, 0.2) is 0 Å². The monoisotopic (exact) mass is 256 g/mol. The fourth-order valence-electron chi connectivity index (χ4n) is 2.06. The highest BCUT2D eigenvalue weighted by Crippen LogP contribution is 2.51. The van der Waals surface area contributed by atoms with Crippen LogP contribution in [0.25, 0.3) is 0 Å². The highest BCUT2D eigenvalue weighted by atomic mass is 16.4. The van der Waals surface area contributed by atoms with Gasteiger partial charge < -0.3 is 15.7 Å². The van der Waals surface area contributed by atoms with Crippen LogP contribution >= 0.6 is 0 Å². The van der Waals surface area contributed by atoms with Crippen molar-refractivity contribution in [2.45, 2.75) is 52.5 Å².